The number of hydrogen-bond acceptors (Lipinski definition) is 3. The van der Waals surface area contributed by atoms with E-state index in [0.717, 1.165) is 12.8 Å². The molecule has 0 spiro atoms. The highest BCUT2D eigenvalue weighted by molar-refractivity contribution is 4.95. The highest BCUT2D eigenvalue weighted by Gasteiger charge is 2.12. The maximum atomic E-state index is 9.71. The molecule has 0 aliphatic rings. The normalized spacial score (nSPS) is 13.9. The summed E-state index contributed by atoms with van der Waals surface area (Å²) < 4.78 is 0. The van der Waals surface area contributed by atoms with Gasteiger partial charge in [-0.25, -0.2) is 0 Å². The van der Waals surface area contributed by atoms with Crippen LogP contribution >= 0.6 is 0 Å². The van der Waals surface area contributed by atoms with Gasteiger partial charge in [0.1, 0.15) is 0 Å². The molecule has 0 radical (unpaired) electrons. The van der Waals surface area contributed by atoms with Crippen LogP contribution in [0.1, 0.15) is 84.0 Å². The van der Waals surface area contributed by atoms with Crippen molar-refractivity contribution in [1.82, 2.24) is 0 Å². The molecule has 0 saturated heterocycles. The lowest BCUT2D eigenvalue weighted by atomic mass is 10.0. The number of unbranched alkanes of at least 4 members (excludes halogenated alkanes) is 11. The van der Waals surface area contributed by atoms with Crippen molar-refractivity contribution in [2.75, 3.05) is 6.61 Å². The van der Waals surface area contributed by atoms with Gasteiger partial charge in [0, 0.05) is 4.91 Å². The minimum Gasteiger partial charge on any atom is -0.396 e. The van der Waals surface area contributed by atoms with Crippen molar-refractivity contribution >= 4 is 0 Å². The first-order valence-electron chi connectivity index (χ1n) is 9.26. The van der Waals surface area contributed by atoms with E-state index in [9.17, 15) is 5.11 Å². The molecule has 134 valence electrons. The van der Waals surface area contributed by atoms with Crippen LogP contribution < -0.4 is 0 Å². The summed E-state index contributed by atoms with van der Waals surface area (Å²) in [4.78, 5) is 2.61. The largest absolute Gasteiger partial charge is 0.396 e. The molecule has 0 heterocycles. The number of rotatable bonds is 16. The first-order chi connectivity index (χ1) is 11.3. The van der Waals surface area contributed by atoms with E-state index in [2.05, 4.69) is 16.9 Å². The van der Waals surface area contributed by atoms with Crippen LogP contribution in [0.15, 0.2) is 17.3 Å². The average molecular weight is 325 g/mol. The summed E-state index contributed by atoms with van der Waals surface area (Å²) in [6.45, 7) is 1.91. The predicted octanol–water partition coefficient (Wildman–Crippen LogP) is 5.28. The van der Waals surface area contributed by atoms with Gasteiger partial charge in [0.05, 0.1) is 18.8 Å². The van der Waals surface area contributed by atoms with Crippen molar-refractivity contribution < 1.29 is 10.2 Å². The fraction of sp³-hybridized carbons (Fsp3) is 0.889. The molecule has 0 aromatic heterocycles. The van der Waals surface area contributed by atoms with E-state index in [-0.39, 0.29) is 6.61 Å². The van der Waals surface area contributed by atoms with Crippen molar-refractivity contribution in [3.8, 4) is 0 Å². The van der Waals surface area contributed by atoms with E-state index in [0.29, 0.717) is 0 Å². The van der Waals surface area contributed by atoms with Crippen LogP contribution in [0.3, 0.4) is 0 Å². The SMILES string of the molecule is CCCCCCCCCCCCC/C=C/[C@H](O)[C@@H](CO)N=[N+]=[N-]. The van der Waals surface area contributed by atoms with E-state index >= 15 is 0 Å². The molecular weight excluding hydrogens is 290 g/mol. The van der Waals surface area contributed by atoms with Gasteiger partial charge in [-0.05, 0) is 18.4 Å². The van der Waals surface area contributed by atoms with E-state index in [4.69, 9.17) is 10.6 Å². The summed E-state index contributed by atoms with van der Waals surface area (Å²) in [6.07, 6.45) is 18.1. The number of allylic oxidation sites excluding steroid dienone is 1. The molecule has 5 heteroatoms. The minimum atomic E-state index is -0.899. The first-order valence-corrected chi connectivity index (χ1v) is 9.26. The lowest BCUT2D eigenvalue weighted by Crippen LogP contribution is -2.25. The molecular formula is C18H35N3O2. The maximum absolute atomic E-state index is 9.71. The summed E-state index contributed by atoms with van der Waals surface area (Å²) >= 11 is 0. The minimum absolute atomic E-state index is 0.339. The molecule has 5 nitrogen and oxygen atoms in total. The van der Waals surface area contributed by atoms with Gasteiger partial charge < -0.3 is 10.2 Å². The van der Waals surface area contributed by atoms with E-state index in [1.54, 1.807) is 6.08 Å². The van der Waals surface area contributed by atoms with Crippen molar-refractivity contribution in [2.45, 2.75) is 96.1 Å². The Hall–Kier alpha value is -1.03. The molecule has 0 aliphatic carbocycles. The predicted molar refractivity (Wildman–Crippen MR) is 96.2 cm³/mol. The van der Waals surface area contributed by atoms with E-state index in [1.165, 1.54) is 64.2 Å². The molecule has 0 fully saturated rings. The molecule has 2 N–H and O–H groups in total. The molecule has 0 aliphatic heterocycles. The number of hydrogen-bond donors (Lipinski definition) is 2. The monoisotopic (exact) mass is 325 g/mol. The lowest BCUT2D eigenvalue weighted by Gasteiger charge is -2.11. The summed E-state index contributed by atoms with van der Waals surface area (Å²) in [7, 11) is 0. The third-order valence-corrected chi connectivity index (χ3v) is 4.09. The van der Waals surface area contributed by atoms with Crippen LogP contribution in [0.4, 0.5) is 0 Å². The Kier molecular flexibility index (Phi) is 16.5. The molecule has 23 heavy (non-hydrogen) atoms. The van der Waals surface area contributed by atoms with Gasteiger partial charge in [-0.2, -0.15) is 0 Å². The van der Waals surface area contributed by atoms with Gasteiger partial charge in [-0.3, -0.25) is 0 Å². The zero-order chi connectivity index (χ0) is 17.2. The number of azide groups is 1. The highest BCUT2D eigenvalue weighted by Crippen LogP contribution is 2.12. The fourth-order valence-electron chi connectivity index (χ4n) is 2.57. The van der Waals surface area contributed by atoms with Gasteiger partial charge in [0.25, 0.3) is 0 Å². The molecule has 0 saturated carbocycles. The van der Waals surface area contributed by atoms with Gasteiger partial charge in [-0.1, -0.05) is 88.4 Å². The summed E-state index contributed by atoms with van der Waals surface area (Å²) in [5, 5.41) is 22.0. The van der Waals surface area contributed by atoms with Crippen LogP contribution in [-0.4, -0.2) is 29.0 Å². The second-order valence-corrected chi connectivity index (χ2v) is 6.20. The van der Waals surface area contributed by atoms with Crippen LogP contribution in [0, 0.1) is 0 Å². The quantitative estimate of drug-likeness (QED) is 0.133. The Balaban J connectivity index is 3.41. The lowest BCUT2D eigenvalue weighted by molar-refractivity contribution is 0.144. The van der Waals surface area contributed by atoms with Crippen molar-refractivity contribution in [1.29, 1.82) is 0 Å². The van der Waals surface area contributed by atoms with E-state index < -0.39 is 12.1 Å². The number of nitrogens with zero attached hydrogens (tertiary/aromatic N) is 3. The van der Waals surface area contributed by atoms with Crippen LogP contribution in [0.5, 0.6) is 0 Å². The first kappa shape index (κ1) is 22.0. The second kappa shape index (κ2) is 17.3. The number of aliphatic hydroxyl groups is 2. The molecule has 2 atom stereocenters. The molecule has 0 bridgehead atoms. The Labute approximate surface area is 141 Å². The van der Waals surface area contributed by atoms with Crippen LogP contribution in [-0.2, 0) is 0 Å². The van der Waals surface area contributed by atoms with E-state index in [1.807, 2.05) is 6.08 Å². The maximum Gasteiger partial charge on any atom is 0.0900 e. The van der Waals surface area contributed by atoms with Gasteiger partial charge in [0.2, 0.25) is 0 Å². The van der Waals surface area contributed by atoms with Crippen molar-refractivity contribution in [3.63, 3.8) is 0 Å². The highest BCUT2D eigenvalue weighted by atomic mass is 16.3. The summed E-state index contributed by atoms with van der Waals surface area (Å²) in [5.41, 5.74) is 8.31. The Morgan fingerprint density at radius 1 is 0.957 bits per heavy atom. The number of aliphatic hydroxyl groups excluding tert-OH is 2. The summed E-state index contributed by atoms with van der Waals surface area (Å²) in [5.74, 6) is 0. The zero-order valence-corrected chi connectivity index (χ0v) is 14.7. The van der Waals surface area contributed by atoms with Crippen molar-refractivity contribution in [2.24, 2.45) is 5.11 Å². The second-order valence-electron chi connectivity index (χ2n) is 6.20. The topological polar surface area (TPSA) is 89.2 Å². The van der Waals surface area contributed by atoms with Gasteiger partial charge in [-0.15, -0.1) is 0 Å². The average Bonchev–Trinajstić information content (AvgIpc) is 2.56. The van der Waals surface area contributed by atoms with Gasteiger partial charge in [0.15, 0.2) is 0 Å². The fourth-order valence-corrected chi connectivity index (χ4v) is 2.57. The molecule has 0 rings (SSSR count). The third kappa shape index (κ3) is 14.3. The molecule has 0 unspecified atom stereocenters. The standard InChI is InChI=1S/C18H35N3O2/c1-2-3-4-5-6-7-8-9-10-11-12-13-14-15-18(23)17(16-22)20-21-19/h14-15,17-18,22-23H,2-13,16H2,1H3/b15-14+/t17-,18+/m1/s1. The third-order valence-electron chi connectivity index (χ3n) is 4.09. The smallest absolute Gasteiger partial charge is 0.0900 e. The zero-order valence-electron chi connectivity index (χ0n) is 14.7. The van der Waals surface area contributed by atoms with Crippen molar-refractivity contribution in [3.05, 3.63) is 22.6 Å². The molecule has 0 aromatic rings. The Morgan fingerprint density at radius 2 is 1.48 bits per heavy atom. The summed E-state index contributed by atoms with van der Waals surface area (Å²) in [6, 6.07) is -0.784. The van der Waals surface area contributed by atoms with Crippen LogP contribution in [0.25, 0.3) is 10.4 Å². The Bertz CT molecular complexity index is 328. The molecule has 0 aromatic carbocycles. The van der Waals surface area contributed by atoms with Gasteiger partial charge >= 0.3 is 0 Å². The molecule has 0 amide bonds. The van der Waals surface area contributed by atoms with Crippen LogP contribution in [0.2, 0.25) is 0 Å². The Morgan fingerprint density at radius 3 is 1.96 bits per heavy atom.